The van der Waals surface area contributed by atoms with Gasteiger partial charge in [0.2, 0.25) is 0 Å². The zero-order chi connectivity index (χ0) is 18.8. The van der Waals surface area contributed by atoms with Gasteiger partial charge in [0.1, 0.15) is 5.82 Å². The van der Waals surface area contributed by atoms with Gasteiger partial charge in [0, 0.05) is 41.9 Å². The van der Waals surface area contributed by atoms with E-state index in [1.165, 1.54) is 12.1 Å². The van der Waals surface area contributed by atoms with Crippen molar-refractivity contribution < 1.29 is 13.9 Å². The number of fused-ring (bicyclic) bond motifs is 1. The van der Waals surface area contributed by atoms with Gasteiger partial charge in [-0.3, -0.25) is 4.79 Å². The maximum Gasteiger partial charge on any atom is 0.276 e. The van der Waals surface area contributed by atoms with Crippen LogP contribution in [0.25, 0.3) is 16.5 Å². The summed E-state index contributed by atoms with van der Waals surface area (Å²) in [7, 11) is 0. The highest BCUT2D eigenvalue weighted by Crippen LogP contribution is 2.30. The fraction of sp³-hybridized carbons (Fsp3) is 0.238. The van der Waals surface area contributed by atoms with Crippen LogP contribution in [0, 0.1) is 5.82 Å². The summed E-state index contributed by atoms with van der Waals surface area (Å²) in [6.07, 6.45) is 6.29. The molecule has 0 aliphatic carbocycles. The molecule has 1 aliphatic heterocycles. The summed E-state index contributed by atoms with van der Waals surface area (Å²) in [5.74, 6) is 0.125. The van der Waals surface area contributed by atoms with Crippen LogP contribution in [0.4, 0.5) is 4.39 Å². The van der Waals surface area contributed by atoms with Gasteiger partial charge in [0.15, 0.2) is 11.4 Å². The Morgan fingerprint density at radius 3 is 3.04 bits per heavy atom. The number of carbonyl (C=O) groups excluding carboxylic acids is 1. The Kier molecular flexibility index (Phi) is 4.62. The van der Waals surface area contributed by atoms with E-state index in [0.29, 0.717) is 31.1 Å². The Morgan fingerprint density at radius 2 is 2.26 bits per heavy atom. The van der Waals surface area contributed by atoms with Crippen LogP contribution in [0.1, 0.15) is 29.4 Å². The number of amides is 1. The molecule has 1 amide bonds. The average Bonchev–Trinajstić information content (AvgIpc) is 3.11. The van der Waals surface area contributed by atoms with E-state index in [4.69, 9.17) is 4.74 Å². The van der Waals surface area contributed by atoms with E-state index in [2.05, 4.69) is 16.0 Å². The lowest BCUT2D eigenvalue weighted by molar-refractivity contribution is 0.0762. The molecule has 1 N–H and O–H groups in total. The monoisotopic (exact) mass is 365 g/mol. The number of benzene rings is 1. The molecular weight excluding hydrogens is 345 g/mol. The van der Waals surface area contributed by atoms with Crippen molar-refractivity contribution in [2.45, 2.75) is 13.3 Å². The van der Waals surface area contributed by atoms with E-state index < -0.39 is 0 Å². The van der Waals surface area contributed by atoms with Gasteiger partial charge in [0.05, 0.1) is 6.61 Å². The Balaban J connectivity index is 1.55. The van der Waals surface area contributed by atoms with Crippen molar-refractivity contribution in [1.82, 2.24) is 14.9 Å². The van der Waals surface area contributed by atoms with E-state index in [0.717, 1.165) is 28.5 Å². The highest BCUT2D eigenvalue weighted by Gasteiger charge is 2.24. The van der Waals surface area contributed by atoms with Crippen molar-refractivity contribution in [2.24, 2.45) is 0 Å². The summed E-state index contributed by atoms with van der Waals surface area (Å²) in [5.41, 5.74) is 3.34. The molecule has 0 radical (unpaired) electrons. The van der Waals surface area contributed by atoms with Crippen LogP contribution in [-0.4, -0.2) is 40.5 Å². The summed E-state index contributed by atoms with van der Waals surface area (Å²) in [5, 5.41) is 0.991. The number of aromatic amines is 1. The molecule has 1 aromatic carbocycles. The van der Waals surface area contributed by atoms with E-state index in [9.17, 15) is 9.18 Å². The van der Waals surface area contributed by atoms with E-state index in [1.54, 1.807) is 29.3 Å². The number of H-pyrrole nitrogens is 1. The molecule has 1 aliphatic rings. The molecule has 0 bridgehead atoms. The minimum absolute atomic E-state index is 0.129. The van der Waals surface area contributed by atoms with Crippen molar-refractivity contribution in [3.8, 4) is 5.75 Å². The topological polar surface area (TPSA) is 58.2 Å². The van der Waals surface area contributed by atoms with Crippen LogP contribution in [0.15, 0.2) is 48.8 Å². The van der Waals surface area contributed by atoms with Gasteiger partial charge in [-0.2, -0.15) is 0 Å². The molecule has 0 saturated carbocycles. The van der Waals surface area contributed by atoms with Crippen LogP contribution in [0.3, 0.4) is 0 Å². The Morgan fingerprint density at radius 1 is 1.37 bits per heavy atom. The maximum absolute atomic E-state index is 13.4. The third-order valence-corrected chi connectivity index (χ3v) is 4.76. The summed E-state index contributed by atoms with van der Waals surface area (Å²) in [6.45, 7) is 3.46. The number of hydrogen-bond acceptors (Lipinski definition) is 3. The van der Waals surface area contributed by atoms with Crippen molar-refractivity contribution in [3.63, 3.8) is 0 Å². The number of carbonyl (C=O) groups is 1. The minimum atomic E-state index is -0.259. The number of rotatable bonds is 4. The van der Waals surface area contributed by atoms with Crippen LogP contribution >= 0.6 is 0 Å². The molecule has 3 heterocycles. The first kappa shape index (κ1) is 17.3. The number of aromatic nitrogens is 2. The molecule has 138 valence electrons. The molecule has 4 rings (SSSR count). The number of pyridine rings is 1. The molecule has 0 unspecified atom stereocenters. The predicted molar refractivity (Wildman–Crippen MR) is 102 cm³/mol. The van der Waals surface area contributed by atoms with E-state index >= 15 is 0 Å². The van der Waals surface area contributed by atoms with Crippen molar-refractivity contribution in [1.29, 1.82) is 0 Å². The Hall–Kier alpha value is -3.15. The first-order chi connectivity index (χ1) is 13.2. The summed E-state index contributed by atoms with van der Waals surface area (Å²) < 4.78 is 18.9. The van der Waals surface area contributed by atoms with Gasteiger partial charge in [-0.15, -0.1) is 0 Å². The number of nitrogens with one attached hydrogen (secondary N) is 1. The molecule has 3 aromatic rings. The Labute approximate surface area is 156 Å². The van der Waals surface area contributed by atoms with Crippen LogP contribution in [0.2, 0.25) is 0 Å². The summed E-state index contributed by atoms with van der Waals surface area (Å²) >= 11 is 0. The molecule has 6 heteroatoms. The van der Waals surface area contributed by atoms with Gasteiger partial charge < -0.3 is 14.6 Å². The third kappa shape index (κ3) is 3.30. The zero-order valence-electron chi connectivity index (χ0n) is 15.0. The highest BCUT2D eigenvalue weighted by atomic mass is 19.1. The van der Waals surface area contributed by atoms with Crippen LogP contribution < -0.4 is 4.74 Å². The summed E-state index contributed by atoms with van der Waals surface area (Å²) in [4.78, 5) is 21.9. The molecule has 0 atom stereocenters. The van der Waals surface area contributed by atoms with E-state index in [-0.39, 0.29) is 11.7 Å². The lowest BCUT2D eigenvalue weighted by Crippen LogP contribution is -2.35. The SMILES string of the molecule is CCOc1cccnc1C(=O)N1CC=C(c2c[nH]c3cc(F)ccc23)CC1. The lowest BCUT2D eigenvalue weighted by Gasteiger charge is -2.26. The maximum atomic E-state index is 13.4. The molecule has 2 aromatic heterocycles. The zero-order valence-corrected chi connectivity index (χ0v) is 15.0. The highest BCUT2D eigenvalue weighted by molar-refractivity contribution is 5.96. The second kappa shape index (κ2) is 7.23. The predicted octanol–water partition coefficient (Wildman–Crippen LogP) is 4.03. The quantitative estimate of drug-likeness (QED) is 0.759. The number of ether oxygens (including phenoxy) is 1. The largest absolute Gasteiger partial charge is 0.491 e. The Bertz CT molecular complexity index is 1030. The molecule has 0 saturated heterocycles. The van der Waals surface area contributed by atoms with Crippen LogP contribution in [-0.2, 0) is 0 Å². The normalized spacial score (nSPS) is 14.3. The molecular formula is C21H20FN3O2. The van der Waals surface area contributed by atoms with Crippen LogP contribution in [0.5, 0.6) is 5.75 Å². The minimum Gasteiger partial charge on any atom is -0.491 e. The first-order valence-electron chi connectivity index (χ1n) is 9.00. The smallest absolute Gasteiger partial charge is 0.276 e. The third-order valence-electron chi connectivity index (χ3n) is 4.76. The van der Waals surface area contributed by atoms with Crippen molar-refractivity contribution in [3.05, 3.63) is 65.9 Å². The molecule has 5 nitrogen and oxygen atoms in total. The van der Waals surface area contributed by atoms with Crippen molar-refractivity contribution in [2.75, 3.05) is 19.7 Å². The van der Waals surface area contributed by atoms with Crippen molar-refractivity contribution >= 4 is 22.4 Å². The van der Waals surface area contributed by atoms with Gasteiger partial charge in [-0.05, 0) is 49.2 Å². The molecule has 0 fully saturated rings. The second-order valence-corrected chi connectivity index (χ2v) is 6.41. The van der Waals surface area contributed by atoms with Gasteiger partial charge in [-0.1, -0.05) is 6.08 Å². The van der Waals surface area contributed by atoms with Gasteiger partial charge in [0.25, 0.3) is 5.91 Å². The fourth-order valence-corrected chi connectivity index (χ4v) is 3.44. The fourth-order valence-electron chi connectivity index (χ4n) is 3.44. The molecule has 0 spiro atoms. The lowest BCUT2D eigenvalue weighted by atomic mass is 9.98. The first-order valence-corrected chi connectivity index (χ1v) is 9.00. The number of halogens is 1. The standard InChI is InChI=1S/C21H20FN3O2/c1-2-27-19-4-3-9-23-20(19)21(26)25-10-7-14(8-11-25)17-13-24-18-12-15(22)5-6-16(17)18/h3-7,9,12-13,24H,2,8,10-11H2,1H3. The summed E-state index contributed by atoms with van der Waals surface area (Å²) in [6, 6.07) is 8.27. The van der Waals surface area contributed by atoms with Gasteiger partial charge in [-0.25, -0.2) is 9.37 Å². The number of hydrogen-bond donors (Lipinski definition) is 1. The number of nitrogens with zero attached hydrogens (tertiary/aromatic N) is 2. The molecule has 27 heavy (non-hydrogen) atoms. The van der Waals surface area contributed by atoms with Gasteiger partial charge >= 0.3 is 0 Å². The average molecular weight is 365 g/mol. The second-order valence-electron chi connectivity index (χ2n) is 6.41. The van der Waals surface area contributed by atoms with E-state index in [1.807, 2.05) is 13.1 Å².